The van der Waals surface area contributed by atoms with Crippen molar-refractivity contribution >= 4 is 28.0 Å². The highest BCUT2D eigenvalue weighted by atomic mass is 79.9. The Labute approximate surface area is 186 Å². The smallest absolute Gasteiger partial charge is 0.417 e. The molecule has 0 saturated heterocycles. The molecular formula is C22H19BrF3N3O2. The summed E-state index contributed by atoms with van der Waals surface area (Å²) in [6, 6.07) is 15.3. The number of benzene rings is 2. The Hall–Kier alpha value is -3.07. The minimum absolute atomic E-state index is 0.198. The number of hydrazone groups is 1. The molecule has 162 valence electrons. The molecule has 31 heavy (non-hydrogen) atoms. The Morgan fingerprint density at radius 2 is 1.81 bits per heavy atom. The maximum absolute atomic E-state index is 12.6. The van der Waals surface area contributed by atoms with Crippen LogP contribution in [0.4, 0.5) is 19.0 Å². The van der Waals surface area contributed by atoms with Crippen LogP contribution in [0.2, 0.25) is 0 Å². The highest BCUT2D eigenvalue weighted by molar-refractivity contribution is 9.10. The van der Waals surface area contributed by atoms with Crippen molar-refractivity contribution < 1.29 is 22.6 Å². The van der Waals surface area contributed by atoms with Gasteiger partial charge in [0.15, 0.2) is 11.5 Å². The first-order chi connectivity index (χ1) is 14.8. The molecule has 0 saturated carbocycles. The van der Waals surface area contributed by atoms with Crippen molar-refractivity contribution in [1.82, 2.24) is 4.98 Å². The van der Waals surface area contributed by atoms with Crippen LogP contribution in [0.5, 0.6) is 11.5 Å². The molecule has 0 fully saturated rings. The molecule has 0 unspecified atom stereocenters. The fourth-order valence-electron chi connectivity index (χ4n) is 2.53. The number of hydrogen-bond acceptors (Lipinski definition) is 5. The second-order valence-corrected chi connectivity index (χ2v) is 7.27. The molecule has 0 aliphatic rings. The Kier molecular flexibility index (Phi) is 7.51. The van der Waals surface area contributed by atoms with Crippen LogP contribution in [0.15, 0.2) is 70.4 Å². The molecule has 0 aliphatic carbocycles. The molecule has 1 heterocycles. The lowest BCUT2D eigenvalue weighted by molar-refractivity contribution is -0.137. The van der Waals surface area contributed by atoms with E-state index in [1.54, 1.807) is 18.2 Å². The van der Waals surface area contributed by atoms with E-state index in [9.17, 15) is 13.2 Å². The van der Waals surface area contributed by atoms with E-state index in [0.717, 1.165) is 27.9 Å². The average Bonchev–Trinajstić information content (AvgIpc) is 2.74. The molecule has 2 aromatic carbocycles. The predicted octanol–water partition coefficient (Wildman–Crippen LogP) is 6.29. The first kappa shape index (κ1) is 22.6. The molecule has 1 aromatic heterocycles. The van der Waals surface area contributed by atoms with Crippen molar-refractivity contribution in [2.24, 2.45) is 5.10 Å². The number of aromatic nitrogens is 1. The van der Waals surface area contributed by atoms with Crippen molar-refractivity contribution in [3.63, 3.8) is 0 Å². The molecule has 5 nitrogen and oxygen atoms in total. The predicted molar refractivity (Wildman–Crippen MR) is 117 cm³/mol. The van der Waals surface area contributed by atoms with Crippen molar-refractivity contribution in [1.29, 1.82) is 0 Å². The van der Waals surface area contributed by atoms with E-state index in [1.807, 2.05) is 31.2 Å². The first-order valence-electron chi connectivity index (χ1n) is 9.31. The van der Waals surface area contributed by atoms with Crippen molar-refractivity contribution in [3.05, 3.63) is 82.0 Å². The van der Waals surface area contributed by atoms with Crippen molar-refractivity contribution in [2.45, 2.75) is 19.7 Å². The van der Waals surface area contributed by atoms with Crippen LogP contribution in [-0.2, 0) is 12.8 Å². The number of nitrogens with zero attached hydrogens (tertiary/aromatic N) is 2. The van der Waals surface area contributed by atoms with E-state index in [0.29, 0.717) is 24.7 Å². The van der Waals surface area contributed by atoms with Gasteiger partial charge in [-0.15, -0.1) is 0 Å². The second kappa shape index (κ2) is 10.3. The van der Waals surface area contributed by atoms with Crippen LogP contribution in [0, 0.1) is 0 Å². The summed E-state index contributed by atoms with van der Waals surface area (Å²) in [4.78, 5) is 3.70. The summed E-state index contributed by atoms with van der Waals surface area (Å²) in [7, 11) is 0. The zero-order valence-corrected chi connectivity index (χ0v) is 18.1. The molecule has 3 aromatic rings. The monoisotopic (exact) mass is 493 g/mol. The number of rotatable bonds is 8. The quantitative estimate of drug-likeness (QED) is 0.296. The third kappa shape index (κ3) is 6.71. The highest BCUT2D eigenvalue weighted by Gasteiger charge is 2.30. The number of pyridine rings is 1. The second-order valence-electron chi connectivity index (χ2n) is 6.35. The molecule has 3 rings (SSSR count). The van der Waals surface area contributed by atoms with Gasteiger partial charge in [-0.05, 0) is 60.5 Å². The molecule has 0 atom stereocenters. The van der Waals surface area contributed by atoms with E-state index in [2.05, 4.69) is 31.4 Å². The number of hydrogen-bond donors (Lipinski definition) is 1. The Balaban J connectivity index is 1.64. The average molecular weight is 494 g/mol. The van der Waals surface area contributed by atoms with Gasteiger partial charge < -0.3 is 9.47 Å². The molecule has 0 spiro atoms. The van der Waals surface area contributed by atoms with Gasteiger partial charge in [-0.25, -0.2) is 4.98 Å². The van der Waals surface area contributed by atoms with E-state index >= 15 is 0 Å². The molecule has 0 amide bonds. The fourth-order valence-corrected chi connectivity index (χ4v) is 2.80. The Bertz CT molecular complexity index is 1020. The number of ether oxygens (including phenoxy) is 2. The summed E-state index contributed by atoms with van der Waals surface area (Å²) in [5, 5.41) is 4.02. The topological polar surface area (TPSA) is 55.7 Å². The van der Waals surface area contributed by atoms with Crippen LogP contribution >= 0.6 is 15.9 Å². The molecular weight excluding hydrogens is 475 g/mol. The number of anilines is 1. The van der Waals surface area contributed by atoms with Gasteiger partial charge in [0, 0.05) is 10.7 Å². The third-order valence-electron chi connectivity index (χ3n) is 4.06. The number of halogens is 4. The standard InChI is InChI=1S/C22H19BrF3N3O2/c1-2-30-20-11-16(5-9-19(20)31-14-15-3-7-18(23)8-4-15)12-28-29-21-10-6-17(13-27-21)22(24,25)26/h3-13H,2,14H2,1H3,(H,27,29)/b28-12-. The van der Waals surface area contributed by atoms with Gasteiger partial charge in [-0.2, -0.15) is 18.3 Å². The number of alkyl halides is 3. The van der Waals surface area contributed by atoms with Gasteiger partial charge >= 0.3 is 6.18 Å². The van der Waals surface area contributed by atoms with Gasteiger partial charge in [-0.1, -0.05) is 28.1 Å². The lowest BCUT2D eigenvalue weighted by Gasteiger charge is -2.12. The largest absolute Gasteiger partial charge is 0.490 e. The SMILES string of the molecule is CCOc1cc(/C=N\Nc2ccc(C(F)(F)F)cn2)ccc1OCc1ccc(Br)cc1. The normalized spacial score (nSPS) is 11.5. The molecule has 0 radical (unpaired) electrons. The van der Waals surface area contributed by atoms with Crippen LogP contribution in [0.1, 0.15) is 23.6 Å². The van der Waals surface area contributed by atoms with Crippen LogP contribution in [0.25, 0.3) is 0 Å². The van der Waals surface area contributed by atoms with Crippen LogP contribution < -0.4 is 14.9 Å². The maximum atomic E-state index is 12.6. The van der Waals surface area contributed by atoms with Crippen LogP contribution in [-0.4, -0.2) is 17.8 Å². The first-order valence-corrected chi connectivity index (χ1v) is 10.1. The van der Waals surface area contributed by atoms with Crippen molar-refractivity contribution in [2.75, 3.05) is 12.0 Å². The molecule has 1 N–H and O–H groups in total. The van der Waals surface area contributed by atoms with E-state index in [4.69, 9.17) is 9.47 Å². The summed E-state index contributed by atoms with van der Waals surface area (Å²) < 4.78 is 50.3. The molecule has 9 heteroatoms. The van der Waals surface area contributed by atoms with Gasteiger partial charge in [-0.3, -0.25) is 5.43 Å². The van der Waals surface area contributed by atoms with Crippen molar-refractivity contribution in [3.8, 4) is 11.5 Å². The Morgan fingerprint density at radius 3 is 2.45 bits per heavy atom. The lowest BCUT2D eigenvalue weighted by Crippen LogP contribution is -2.05. The van der Waals surface area contributed by atoms with Gasteiger partial charge in [0.2, 0.25) is 0 Å². The molecule has 0 bridgehead atoms. The minimum Gasteiger partial charge on any atom is -0.490 e. The summed E-state index contributed by atoms with van der Waals surface area (Å²) in [6.07, 6.45) is -2.16. The van der Waals surface area contributed by atoms with Crippen LogP contribution in [0.3, 0.4) is 0 Å². The molecule has 0 aliphatic heterocycles. The Morgan fingerprint density at radius 1 is 1.03 bits per heavy atom. The zero-order chi connectivity index (χ0) is 22.3. The number of nitrogens with one attached hydrogen (secondary N) is 1. The van der Waals surface area contributed by atoms with E-state index in [-0.39, 0.29) is 5.82 Å². The van der Waals surface area contributed by atoms with E-state index < -0.39 is 11.7 Å². The zero-order valence-electron chi connectivity index (χ0n) is 16.5. The summed E-state index contributed by atoms with van der Waals surface area (Å²) in [6.45, 7) is 2.72. The van der Waals surface area contributed by atoms with E-state index in [1.165, 1.54) is 12.3 Å². The summed E-state index contributed by atoms with van der Waals surface area (Å²) in [5.41, 5.74) is 3.53. The lowest BCUT2D eigenvalue weighted by atomic mass is 10.2. The van der Waals surface area contributed by atoms with Gasteiger partial charge in [0.05, 0.1) is 18.4 Å². The maximum Gasteiger partial charge on any atom is 0.417 e. The summed E-state index contributed by atoms with van der Waals surface area (Å²) in [5.74, 6) is 1.36. The summed E-state index contributed by atoms with van der Waals surface area (Å²) >= 11 is 3.40. The third-order valence-corrected chi connectivity index (χ3v) is 4.59. The fraction of sp³-hybridized carbons (Fsp3) is 0.182. The van der Waals surface area contributed by atoms with Gasteiger partial charge in [0.1, 0.15) is 12.4 Å². The minimum atomic E-state index is -4.42. The van der Waals surface area contributed by atoms with Gasteiger partial charge in [0.25, 0.3) is 0 Å². The highest BCUT2D eigenvalue weighted by Crippen LogP contribution is 2.30.